The van der Waals surface area contributed by atoms with Crippen molar-refractivity contribution in [1.82, 2.24) is 25.4 Å². The van der Waals surface area contributed by atoms with Gasteiger partial charge in [0.1, 0.15) is 25.2 Å². The van der Waals surface area contributed by atoms with E-state index in [1.165, 1.54) is 9.80 Å². The highest BCUT2D eigenvalue weighted by atomic mass is 35.5. The number of aromatic nitrogens is 1. The molecule has 2 atom stereocenters. The molecule has 2 unspecified atom stereocenters. The second kappa shape index (κ2) is 11.6. The van der Waals surface area contributed by atoms with Crippen molar-refractivity contribution < 1.29 is 19.2 Å². The maximum absolute atomic E-state index is 13.6. The van der Waals surface area contributed by atoms with E-state index in [-0.39, 0.29) is 58.8 Å². The third-order valence-corrected chi connectivity index (χ3v) is 7.50. The number of piperazine rings is 1. The summed E-state index contributed by atoms with van der Waals surface area (Å²) in [6.45, 7) is 1.14. The number of likely N-dealkylation sites (N-methyl/N-ethyl adjacent to an activating group) is 1. The summed E-state index contributed by atoms with van der Waals surface area (Å²) >= 11 is 18.3. The van der Waals surface area contributed by atoms with Gasteiger partial charge in [0.25, 0.3) is 0 Å². The first-order valence-corrected chi connectivity index (χ1v) is 13.0. The second-order valence-corrected chi connectivity index (χ2v) is 10.4. The molecule has 1 saturated heterocycles. The van der Waals surface area contributed by atoms with E-state index in [2.05, 4.69) is 15.6 Å². The zero-order valence-corrected chi connectivity index (χ0v) is 23.0. The zero-order chi connectivity index (χ0) is 27.6. The SMILES string of the molecule is CC1NC(=O)CN(CC(=O)NC(Cc2c[nH]c3ccccc23)C(=O)N(C)Cc2cc(Cl)c(Cl)c(Cl)c2)C1=O. The number of amides is 4. The van der Waals surface area contributed by atoms with Gasteiger partial charge in [-0.05, 0) is 36.2 Å². The van der Waals surface area contributed by atoms with Crippen LogP contribution in [-0.4, -0.2) is 70.6 Å². The topological polar surface area (TPSA) is 115 Å². The number of H-pyrrole nitrogens is 1. The molecular formula is C26H26Cl3N5O4. The molecule has 0 radical (unpaired) electrons. The Bertz CT molecular complexity index is 1390. The highest BCUT2D eigenvalue weighted by molar-refractivity contribution is 6.48. The van der Waals surface area contributed by atoms with Crippen LogP contribution in [0.4, 0.5) is 0 Å². The van der Waals surface area contributed by atoms with Gasteiger partial charge in [0, 0.05) is 37.1 Å². The molecule has 200 valence electrons. The van der Waals surface area contributed by atoms with Gasteiger partial charge in [-0.2, -0.15) is 0 Å². The lowest BCUT2D eigenvalue weighted by molar-refractivity contribution is -0.146. The second-order valence-electron chi connectivity index (χ2n) is 9.23. The van der Waals surface area contributed by atoms with Crippen molar-refractivity contribution in [1.29, 1.82) is 0 Å². The van der Waals surface area contributed by atoms with Crippen molar-refractivity contribution in [2.24, 2.45) is 0 Å². The first-order valence-electron chi connectivity index (χ1n) is 11.8. The Morgan fingerprint density at radius 3 is 2.55 bits per heavy atom. The Morgan fingerprint density at radius 2 is 1.84 bits per heavy atom. The van der Waals surface area contributed by atoms with Crippen LogP contribution in [0.1, 0.15) is 18.1 Å². The van der Waals surface area contributed by atoms with Crippen LogP contribution < -0.4 is 10.6 Å². The van der Waals surface area contributed by atoms with Crippen LogP contribution in [0.15, 0.2) is 42.6 Å². The predicted octanol–water partition coefficient (Wildman–Crippen LogP) is 3.16. The maximum Gasteiger partial charge on any atom is 0.245 e. The van der Waals surface area contributed by atoms with E-state index in [0.29, 0.717) is 5.56 Å². The first kappa shape index (κ1) is 27.8. The smallest absolute Gasteiger partial charge is 0.245 e. The number of nitrogens with one attached hydrogen (secondary N) is 3. The fourth-order valence-corrected chi connectivity index (χ4v) is 5.10. The molecule has 1 fully saturated rings. The van der Waals surface area contributed by atoms with Crippen molar-refractivity contribution in [2.75, 3.05) is 20.1 Å². The van der Waals surface area contributed by atoms with E-state index in [4.69, 9.17) is 34.8 Å². The number of carbonyl (C=O) groups excluding carboxylic acids is 4. The quantitative estimate of drug-likeness (QED) is 0.356. The minimum Gasteiger partial charge on any atom is -0.361 e. The van der Waals surface area contributed by atoms with Crippen LogP contribution >= 0.6 is 34.8 Å². The number of fused-ring (bicyclic) bond motifs is 1. The molecule has 1 aliphatic heterocycles. The number of carbonyl (C=O) groups is 4. The Kier molecular flexibility index (Phi) is 8.50. The van der Waals surface area contributed by atoms with Gasteiger partial charge in [-0.15, -0.1) is 0 Å². The molecule has 0 saturated carbocycles. The highest BCUT2D eigenvalue weighted by Crippen LogP contribution is 2.31. The van der Waals surface area contributed by atoms with Crippen LogP contribution in [0.2, 0.25) is 15.1 Å². The number of halogens is 3. The summed E-state index contributed by atoms with van der Waals surface area (Å²) in [4.78, 5) is 56.8. The molecule has 3 N–H and O–H groups in total. The fraction of sp³-hybridized carbons (Fsp3) is 0.308. The van der Waals surface area contributed by atoms with Gasteiger partial charge < -0.3 is 25.4 Å². The van der Waals surface area contributed by atoms with Crippen LogP contribution in [0, 0.1) is 0 Å². The number of nitrogens with zero attached hydrogens (tertiary/aromatic N) is 2. The van der Waals surface area contributed by atoms with Crippen molar-refractivity contribution in [3.8, 4) is 0 Å². The van der Waals surface area contributed by atoms with Gasteiger partial charge in [-0.3, -0.25) is 19.2 Å². The largest absolute Gasteiger partial charge is 0.361 e. The minimum atomic E-state index is -0.948. The van der Waals surface area contributed by atoms with Crippen molar-refractivity contribution in [3.05, 3.63) is 68.8 Å². The maximum atomic E-state index is 13.6. The Labute approximate surface area is 234 Å². The fourth-order valence-electron chi connectivity index (χ4n) is 4.46. The average Bonchev–Trinajstić information content (AvgIpc) is 3.27. The summed E-state index contributed by atoms with van der Waals surface area (Å²) in [5.41, 5.74) is 2.40. The molecule has 3 aromatic rings. The van der Waals surface area contributed by atoms with Crippen LogP contribution in [-0.2, 0) is 32.1 Å². The zero-order valence-electron chi connectivity index (χ0n) is 20.7. The monoisotopic (exact) mass is 577 g/mol. The summed E-state index contributed by atoms with van der Waals surface area (Å²) in [5.74, 6) is -1.63. The molecule has 1 aromatic heterocycles. The van der Waals surface area contributed by atoms with Gasteiger partial charge in [-0.25, -0.2) is 0 Å². The Hall–Kier alpha value is -3.27. The Morgan fingerprint density at radius 1 is 1.16 bits per heavy atom. The van der Waals surface area contributed by atoms with Crippen molar-refractivity contribution >= 4 is 69.3 Å². The number of benzene rings is 2. The molecule has 1 aliphatic rings. The molecule has 38 heavy (non-hydrogen) atoms. The van der Waals surface area contributed by atoms with E-state index in [9.17, 15) is 19.2 Å². The summed E-state index contributed by atoms with van der Waals surface area (Å²) in [6, 6.07) is 9.22. The van der Waals surface area contributed by atoms with Crippen LogP contribution in [0.25, 0.3) is 10.9 Å². The Balaban J connectivity index is 1.54. The van der Waals surface area contributed by atoms with E-state index >= 15 is 0 Å². The molecule has 12 heteroatoms. The summed E-state index contributed by atoms with van der Waals surface area (Å²) < 4.78 is 0. The number of para-hydroxylation sites is 1. The van der Waals surface area contributed by atoms with E-state index < -0.39 is 18.0 Å². The third-order valence-electron chi connectivity index (χ3n) is 6.30. The number of hydrogen-bond donors (Lipinski definition) is 3. The third kappa shape index (κ3) is 6.23. The lowest BCUT2D eigenvalue weighted by atomic mass is 10.0. The molecule has 2 aromatic carbocycles. The summed E-state index contributed by atoms with van der Waals surface area (Å²) in [7, 11) is 1.60. The number of hydrogen-bond acceptors (Lipinski definition) is 4. The van der Waals surface area contributed by atoms with Gasteiger partial charge >= 0.3 is 0 Å². The molecule has 9 nitrogen and oxygen atoms in total. The molecule has 0 spiro atoms. The lowest BCUT2D eigenvalue weighted by Crippen LogP contribution is -2.59. The summed E-state index contributed by atoms with van der Waals surface area (Å²) in [5, 5.41) is 6.99. The number of aromatic amines is 1. The van der Waals surface area contributed by atoms with E-state index in [1.54, 1.807) is 32.3 Å². The molecular weight excluding hydrogens is 553 g/mol. The van der Waals surface area contributed by atoms with Gasteiger partial charge in [0.05, 0.1) is 15.1 Å². The standard InChI is InChI=1S/C26H26Cl3N5O4/c1-14-25(37)34(12-22(35)31-14)13-23(36)32-21(9-16-10-30-20-6-4-3-5-17(16)20)26(38)33(2)11-15-7-18(27)24(29)19(28)8-15/h3-8,10,14,21,30H,9,11-13H2,1-2H3,(H,31,35)(H,32,36). The van der Waals surface area contributed by atoms with E-state index in [1.807, 2.05) is 24.3 Å². The molecule has 0 bridgehead atoms. The minimum absolute atomic E-state index is 0.165. The predicted molar refractivity (Wildman–Crippen MR) is 146 cm³/mol. The molecule has 4 rings (SSSR count). The van der Waals surface area contributed by atoms with Gasteiger partial charge in [0.15, 0.2) is 0 Å². The van der Waals surface area contributed by atoms with Gasteiger partial charge in [-0.1, -0.05) is 53.0 Å². The summed E-state index contributed by atoms with van der Waals surface area (Å²) in [6.07, 6.45) is 2.00. The number of rotatable bonds is 8. The lowest BCUT2D eigenvalue weighted by Gasteiger charge is -2.31. The highest BCUT2D eigenvalue weighted by Gasteiger charge is 2.32. The normalized spacial score (nSPS) is 16.3. The first-order chi connectivity index (χ1) is 18.0. The van der Waals surface area contributed by atoms with Crippen LogP contribution in [0.3, 0.4) is 0 Å². The van der Waals surface area contributed by atoms with E-state index in [0.717, 1.165) is 16.5 Å². The molecule has 0 aliphatic carbocycles. The molecule has 4 amide bonds. The molecule has 2 heterocycles. The average molecular weight is 579 g/mol. The van der Waals surface area contributed by atoms with Gasteiger partial charge in [0.2, 0.25) is 23.6 Å². The van der Waals surface area contributed by atoms with Crippen molar-refractivity contribution in [3.63, 3.8) is 0 Å². The van der Waals surface area contributed by atoms with Crippen LogP contribution in [0.5, 0.6) is 0 Å². The van der Waals surface area contributed by atoms with Crippen molar-refractivity contribution in [2.45, 2.75) is 32.0 Å².